The van der Waals surface area contributed by atoms with Crippen molar-refractivity contribution in [2.45, 2.75) is 69.7 Å². The van der Waals surface area contributed by atoms with Gasteiger partial charge < -0.3 is 10.4 Å². The number of fused-ring (bicyclic) bond motifs is 1. The Labute approximate surface area is 172 Å². The Morgan fingerprint density at radius 1 is 1.14 bits per heavy atom. The van der Waals surface area contributed by atoms with Crippen molar-refractivity contribution in [1.29, 1.82) is 0 Å². The SMILES string of the molecule is C[C@]12C[C@@H]3N[C@H]1CCC[C@H]2N(Cc1ccccc1C(=O)O)[C@H]3Cc1ccccc1. The van der Waals surface area contributed by atoms with E-state index in [1.807, 2.05) is 18.2 Å². The molecule has 1 aliphatic carbocycles. The molecule has 2 aliphatic heterocycles. The Hall–Kier alpha value is -2.17. The van der Waals surface area contributed by atoms with Gasteiger partial charge >= 0.3 is 5.97 Å². The fourth-order valence-corrected chi connectivity index (χ4v) is 6.41. The normalized spacial score (nSPS) is 33.6. The minimum atomic E-state index is -0.828. The lowest BCUT2D eigenvalue weighted by atomic mass is 9.64. The maximum atomic E-state index is 11.8. The predicted octanol–water partition coefficient (Wildman–Crippen LogP) is 4.10. The molecule has 5 atom stereocenters. The number of benzene rings is 2. The minimum Gasteiger partial charge on any atom is -0.478 e. The topological polar surface area (TPSA) is 52.6 Å². The van der Waals surface area contributed by atoms with Gasteiger partial charge in [0.2, 0.25) is 0 Å². The van der Waals surface area contributed by atoms with Crippen LogP contribution in [0.15, 0.2) is 54.6 Å². The molecule has 2 aromatic carbocycles. The molecule has 152 valence electrons. The number of hydrogen-bond acceptors (Lipinski definition) is 3. The molecule has 2 saturated heterocycles. The number of piperidine rings is 1. The van der Waals surface area contributed by atoms with Crippen LogP contribution in [-0.2, 0) is 13.0 Å². The second-order valence-electron chi connectivity index (χ2n) is 9.37. The highest BCUT2D eigenvalue weighted by atomic mass is 16.4. The van der Waals surface area contributed by atoms with E-state index in [-0.39, 0.29) is 5.41 Å². The van der Waals surface area contributed by atoms with Crippen molar-refractivity contribution in [3.8, 4) is 0 Å². The van der Waals surface area contributed by atoms with E-state index in [4.69, 9.17) is 0 Å². The molecule has 2 bridgehead atoms. The lowest BCUT2D eigenvalue weighted by Gasteiger charge is -2.53. The van der Waals surface area contributed by atoms with Crippen molar-refractivity contribution >= 4 is 5.97 Å². The van der Waals surface area contributed by atoms with Crippen LogP contribution in [0.1, 0.15) is 54.1 Å². The number of carboxylic acids is 1. The lowest BCUT2D eigenvalue weighted by molar-refractivity contribution is -0.0277. The summed E-state index contributed by atoms with van der Waals surface area (Å²) in [7, 11) is 0. The van der Waals surface area contributed by atoms with Gasteiger partial charge in [-0.3, -0.25) is 4.90 Å². The zero-order valence-corrected chi connectivity index (χ0v) is 17.1. The van der Waals surface area contributed by atoms with E-state index in [9.17, 15) is 9.90 Å². The van der Waals surface area contributed by atoms with Gasteiger partial charge in [0.15, 0.2) is 0 Å². The van der Waals surface area contributed by atoms with Crippen LogP contribution < -0.4 is 5.32 Å². The summed E-state index contributed by atoms with van der Waals surface area (Å²) in [6.45, 7) is 3.18. The highest BCUT2D eigenvalue weighted by Gasteiger charge is 2.58. The molecule has 0 radical (unpaired) electrons. The Kier molecular flexibility index (Phi) is 4.72. The first-order chi connectivity index (χ1) is 14.1. The monoisotopic (exact) mass is 390 g/mol. The zero-order valence-electron chi connectivity index (χ0n) is 17.1. The zero-order chi connectivity index (χ0) is 20.0. The van der Waals surface area contributed by atoms with Gasteiger partial charge in [0, 0.05) is 30.7 Å². The first kappa shape index (κ1) is 18.8. The molecule has 1 saturated carbocycles. The number of likely N-dealkylation sites (tertiary alicyclic amines) is 1. The third-order valence-electron chi connectivity index (χ3n) is 7.78. The number of carboxylic acid groups (broad SMARTS) is 1. The average Bonchev–Trinajstić information content (AvgIpc) is 3.07. The quantitative estimate of drug-likeness (QED) is 0.807. The second-order valence-corrected chi connectivity index (χ2v) is 9.37. The standard InChI is InChI=1S/C25H30N2O2/c1-25-15-20-21(14-17-8-3-2-4-9-17)27(23(25)13-7-12-22(25)26-20)16-18-10-5-6-11-19(18)24(28)29/h2-6,8-11,20-23,26H,7,12-16H2,1H3,(H,28,29)/t20-,21-,22-,23+,25-/m0/s1. The first-order valence-electron chi connectivity index (χ1n) is 10.9. The molecule has 2 N–H and O–H groups in total. The van der Waals surface area contributed by atoms with E-state index in [0.717, 1.165) is 12.0 Å². The summed E-state index contributed by atoms with van der Waals surface area (Å²) < 4.78 is 0. The van der Waals surface area contributed by atoms with Crippen molar-refractivity contribution in [3.63, 3.8) is 0 Å². The van der Waals surface area contributed by atoms with Crippen molar-refractivity contribution in [2.75, 3.05) is 0 Å². The van der Waals surface area contributed by atoms with Crippen LogP contribution in [-0.4, -0.2) is 40.1 Å². The molecule has 0 spiro atoms. The predicted molar refractivity (Wildman–Crippen MR) is 114 cm³/mol. The minimum absolute atomic E-state index is 0.286. The van der Waals surface area contributed by atoms with Crippen molar-refractivity contribution in [1.82, 2.24) is 10.2 Å². The van der Waals surface area contributed by atoms with E-state index in [0.29, 0.717) is 36.3 Å². The summed E-state index contributed by atoms with van der Waals surface area (Å²) in [5.41, 5.74) is 3.02. The van der Waals surface area contributed by atoms with Crippen LogP contribution in [0.5, 0.6) is 0 Å². The molecular weight excluding hydrogens is 360 g/mol. The van der Waals surface area contributed by atoms with Gasteiger partial charge in [-0.15, -0.1) is 0 Å². The van der Waals surface area contributed by atoms with Crippen molar-refractivity contribution < 1.29 is 9.90 Å². The molecule has 29 heavy (non-hydrogen) atoms. The van der Waals surface area contributed by atoms with Gasteiger partial charge in [-0.25, -0.2) is 4.79 Å². The average molecular weight is 391 g/mol. The van der Waals surface area contributed by atoms with E-state index in [2.05, 4.69) is 47.5 Å². The third kappa shape index (κ3) is 3.19. The molecule has 3 fully saturated rings. The Balaban J connectivity index is 1.53. The number of hydrogen-bond donors (Lipinski definition) is 2. The summed E-state index contributed by atoms with van der Waals surface area (Å²) in [5.74, 6) is -0.828. The third-order valence-corrected chi connectivity index (χ3v) is 7.78. The van der Waals surface area contributed by atoms with E-state index >= 15 is 0 Å². The summed E-state index contributed by atoms with van der Waals surface area (Å²) in [6, 6.07) is 20.2. The Morgan fingerprint density at radius 3 is 2.69 bits per heavy atom. The maximum absolute atomic E-state index is 11.8. The highest BCUT2D eigenvalue weighted by Crippen LogP contribution is 2.52. The summed E-state index contributed by atoms with van der Waals surface area (Å²) >= 11 is 0. The number of aromatic carboxylic acids is 1. The fraction of sp³-hybridized carbons (Fsp3) is 0.480. The van der Waals surface area contributed by atoms with Crippen molar-refractivity contribution in [3.05, 3.63) is 71.3 Å². The van der Waals surface area contributed by atoms with Crippen LogP contribution in [0.3, 0.4) is 0 Å². The summed E-state index contributed by atoms with van der Waals surface area (Å²) in [4.78, 5) is 14.5. The number of nitrogens with zero attached hydrogens (tertiary/aromatic N) is 1. The molecule has 5 rings (SSSR count). The van der Waals surface area contributed by atoms with E-state index < -0.39 is 5.97 Å². The molecule has 4 nitrogen and oxygen atoms in total. The largest absolute Gasteiger partial charge is 0.478 e. The molecule has 2 heterocycles. The molecule has 0 amide bonds. The smallest absolute Gasteiger partial charge is 0.336 e. The Bertz CT molecular complexity index is 899. The van der Waals surface area contributed by atoms with E-state index in [1.165, 1.54) is 31.2 Å². The number of rotatable bonds is 5. The van der Waals surface area contributed by atoms with Crippen molar-refractivity contribution in [2.24, 2.45) is 5.41 Å². The highest BCUT2D eigenvalue weighted by molar-refractivity contribution is 5.89. The van der Waals surface area contributed by atoms with Crippen LogP contribution in [0, 0.1) is 5.41 Å². The van der Waals surface area contributed by atoms with Gasteiger partial charge in [-0.1, -0.05) is 61.9 Å². The molecule has 4 heteroatoms. The number of nitrogens with one attached hydrogen (secondary N) is 1. The van der Waals surface area contributed by atoms with Crippen LogP contribution in [0.25, 0.3) is 0 Å². The van der Waals surface area contributed by atoms with Gasteiger partial charge in [0.1, 0.15) is 0 Å². The lowest BCUT2D eigenvalue weighted by Crippen LogP contribution is -2.60. The number of carbonyl (C=O) groups is 1. The Morgan fingerprint density at radius 2 is 1.90 bits per heavy atom. The fourth-order valence-electron chi connectivity index (χ4n) is 6.41. The van der Waals surface area contributed by atoms with Gasteiger partial charge in [-0.05, 0) is 48.3 Å². The van der Waals surface area contributed by atoms with Crippen LogP contribution in [0.4, 0.5) is 0 Å². The first-order valence-corrected chi connectivity index (χ1v) is 10.9. The molecule has 2 aromatic rings. The van der Waals surface area contributed by atoms with Gasteiger partial charge in [0.25, 0.3) is 0 Å². The molecular formula is C25H30N2O2. The van der Waals surface area contributed by atoms with E-state index in [1.54, 1.807) is 6.07 Å². The molecule has 0 unspecified atom stereocenters. The van der Waals surface area contributed by atoms with Crippen LogP contribution in [0.2, 0.25) is 0 Å². The maximum Gasteiger partial charge on any atom is 0.336 e. The summed E-state index contributed by atoms with van der Waals surface area (Å²) in [6.07, 6.45) is 5.97. The van der Waals surface area contributed by atoms with Crippen LogP contribution >= 0.6 is 0 Å². The second kappa shape index (κ2) is 7.26. The molecule has 3 aliphatic rings. The van der Waals surface area contributed by atoms with Gasteiger partial charge in [0.05, 0.1) is 5.56 Å². The van der Waals surface area contributed by atoms with Gasteiger partial charge in [-0.2, -0.15) is 0 Å². The molecule has 0 aromatic heterocycles. The summed E-state index contributed by atoms with van der Waals surface area (Å²) in [5, 5.41) is 13.7.